The molecule has 0 unspecified atom stereocenters. The van der Waals surface area contributed by atoms with Gasteiger partial charge in [-0.25, -0.2) is 8.42 Å². The molecule has 6 rings (SSSR count). The first-order valence-electron chi connectivity index (χ1n) is 11.3. The zero-order valence-electron chi connectivity index (χ0n) is 19.7. The Morgan fingerprint density at radius 1 is 0.868 bits per heavy atom. The van der Waals surface area contributed by atoms with Crippen LogP contribution in [0, 0.1) is 0 Å². The van der Waals surface area contributed by atoms with E-state index in [-0.39, 0.29) is 10.6 Å². The van der Waals surface area contributed by atoms with Gasteiger partial charge in [0.05, 0.1) is 34.5 Å². The Balaban J connectivity index is 1.42. The minimum atomic E-state index is -4.48. The summed E-state index contributed by atoms with van der Waals surface area (Å²) in [6, 6.07) is 18.7. The number of rotatable bonds is 6. The van der Waals surface area contributed by atoms with Crippen LogP contribution in [0.5, 0.6) is 5.75 Å². The quantitative estimate of drug-likeness (QED) is 0.300. The van der Waals surface area contributed by atoms with Crippen LogP contribution in [0.1, 0.15) is 5.56 Å². The van der Waals surface area contributed by atoms with Crippen LogP contribution in [0.25, 0.3) is 33.4 Å². The summed E-state index contributed by atoms with van der Waals surface area (Å²) in [4.78, 5) is 13.0. The number of halogens is 3. The van der Waals surface area contributed by atoms with E-state index in [1.54, 1.807) is 41.1 Å². The van der Waals surface area contributed by atoms with E-state index in [0.717, 1.165) is 17.8 Å². The standard InChI is InChI=1S/C27H18F3N3O4S/c1-37-24-15-17(16-3-2-4-19(13-16)27(28,29)30)5-8-22(24)33-21-9-7-20(14-18(21)6-10-25(33)34)38(35,36)31-26-23-11-12-32(23)26/h2-15,31H,1H3. The number of methoxy groups -OCH3 is 1. The Labute approximate surface area is 214 Å². The Bertz CT molecular complexity index is 1910. The summed E-state index contributed by atoms with van der Waals surface area (Å²) in [6.07, 6.45) is -2.74. The number of aromatic nitrogens is 2. The zero-order chi connectivity index (χ0) is 26.8. The fraction of sp³-hybridized carbons (Fsp3) is 0.0741. The van der Waals surface area contributed by atoms with Gasteiger partial charge >= 0.3 is 6.18 Å². The molecule has 4 aromatic rings. The molecular weight excluding hydrogens is 519 g/mol. The molecule has 0 fully saturated rings. The van der Waals surface area contributed by atoms with E-state index in [0.29, 0.717) is 33.5 Å². The first-order chi connectivity index (χ1) is 18.1. The lowest BCUT2D eigenvalue weighted by Crippen LogP contribution is -2.18. The number of benzene rings is 3. The third kappa shape index (κ3) is 3.91. The number of pyridine rings is 1. The molecule has 0 saturated carbocycles. The lowest BCUT2D eigenvalue weighted by Gasteiger charge is -2.16. The molecule has 0 saturated heterocycles. The number of nitrogens with zero attached hydrogens (tertiary/aromatic N) is 2. The molecule has 0 spiro atoms. The minimum Gasteiger partial charge on any atom is -0.495 e. The van der Waals surface area contributed by atoms with Crippen LogP contribution in [0.3, 0.4) is 0 Å². The number of nitrogens with one attached hydrogen (secondary N) is 1. The molecule has 1 aromatic heterocycles. The highest BCUT2D eigenvalue weighted by molar-refractivity contribution is 7.92. The van der Waals surface area contributed by atoms with Crippen molar-refractivity contribution in [1.29, 1.82) is 0 Å². The number of ether oxygens (including phenoxy) is 1. The van der Waals surface area contributed by atoms with Crippen molar-refractivity contribution in [1.82, 2.24) is 9.13 Å². The van der Waals surface area contributed by atoms with Crippen molar-refractivity contribution >= 4 is 26.7 Å². The maximum absolute atomic E-state index is 13.2. The van der Waals surface area contributed by atoms with Gasteiger partial charge in [0.2, 0.25) is 0 Å². The summed E-state index contributed by atoms with van der Waals surface area (Å²) in [6.45, 7) is 0. The highest BCUT2D eigenvalue weighted by Gasteiger charge is 2.31. The minimum absolute atomic E-state index is 0.0302. The Morgan fingerprint density at radius 3 is 2.32 bits per heavy atom. The first kappa shape index (κ1) is 23.9. The maximum atomic E-state index is 13.2. The summed E-state index contributed by atoms with van der Waals surface area (Å²) in [5.41, 5.74) is 1.25. The molecule has 0 amide bonds. The number of hydrogen-bond donors (Lipinski definition) is 1. The second kappa shape index (κ2) is 8.25. The van der Waals surface area contributed by atoms with Gasteiger partial charge in [-0.3, -0.25) is 18.7 Å². The van der Waals surface area contributed by atoms with Crippen LogP contribution in [-0.2, 0) is 16.2 Å². The summed E-state index contributed by atoms with van der Waals surface area (Å²) in [7, 11) is -2.45. The van der Waals surface area contributed by atoms with Crippen LogP contribution in [0.15, 0.2) is 94.7 Å². The molecular formula is C27H18F3N3O4S. The molecule has 7 nitrogen and oxygen atoms in total. The van der Waals surface area contributed by atoms with Crippen molar-refractivity contribution in [3.05, 3.63) is 101 Å². The second-order valence-corrected chi connectivity index (χ2v) is 10.4. The van der Waals surface area contributed by atoms with E-state index in [1.165, 1.54) is 48.1 Å². The molecule has 3 heterocycles. The van der Waals surface area contributed by atoms with Crippen LogP contribution in [-0.4, -0.2) is 24.7 Å². The number of sulfonamides is 1. The van der Waals surface area contributed by atoms with Gasteiger partial charge in [0.25, 0.3) is 15.6 Å². The van der Waals surface area contributed by atoms with E-state index in [2.05, 4.69) is 4.72 Å². The summed E-state index contributed by atoms with van der Waals surface area (Å²) < 4.78 is 76.5. The van der Waals surface area contributed by atoms with Gasteiger partial charge in [0.1, 0.15) is 11.6 Å². The molecule has 2 aliphatic heterocycles. The second-order valence-electron chi connectivity index (χ2n) is 8.72. The van der Waals surface area contributed by atoms with Crippen molar-refractivity contribution in [2.24, 2.45) is 0 Å². The molecule has 3 aromatic carbocycles. The predicted octanol–water partition coefficient (Wildman–Crippen LogP) is 5.59. The average Bonchev–Trinajstić information content (AvgIpc) is 3.38. The predicted molar refractivity (Wildman–Crippen MR) is 137 cm³/mol. The smallest absolute Gasteiger partial charge is 0.416 e. The average molecular weight is 538 g/mol. The van der Waals surface area contributed by atoms with Gasteiger partial charge in [0, 0.05) is 17.6 Å². The van der Waals surface area contributed by atoms with Crippen molar-refractivity contribution < 1.29 is 26.3 Å². The van der Waals surface area contributed by atoms with Crippen molar-refractivity contribution in [2.45, 2.75) is 11.1 Å². The Hall–Kier alpha value is -4.51. The van der Waals surface area contributed by atoms with Crippen LogP contribution < -0.4 is 15.0 Å². The molecule has 1 N–H and O–H groups in total. The maximum Gasteiger partial charge on any atom is 0.416 e. The topological polar surface area (TPSA) is 82.3 Å². The molecule has 0 bridgehead atoms. The number of anilines is 1. The lowest BCUT2D eigenvalue weighted by molar-refractivity contribution is -0.137. The summed E-state index contributed by atoms with van der Waals surface area (Å²) in [5.74, 6) is 0.771. The number of fused-ring (bicyclic) bond motifs is 2. The van der Waals surface area contributed by atoms with Gasteiger partial charge in [-0.2, -0.15) is 13.2 Å². The van der Waals surface area contributed by atoms with E-state index in [1.807, 2.05) is 0 Å². The van der Waals surface area contributed by atoms with E-state index < -0.39 is 27.3 Å². The molecule has 38 heavy (non-hydrogen) atoms. The molecule has 0 aliphatic carbocycles. The van der Waals surface area contributed by atoms with E-state index in [9.17, 15) is 26.4 Å². The highest BCUT2D eigenvalue weighted by atomic mass is 32.2. The Morgan fingerprint density at radius 2 is 1.63 bits per heavy atom. The van der Waals surface area contributed by atoms with Crippen molar-refractivity contribution in [3.8, 4) is 28.3 Å². The lowest BCUT2D eigenvalue weighted by atomic mass is 10.0. The third-order valence-electron chi connectivity index (χ3n) is 6.43. The van der Waals surface area contributed by atoms with Gasteiger partial charge < -0.3 is 4.74 Å². The van der Waals surface area contributed by atoms with Gasteiger partial charge in [-0.1, -0.05) is 18.2 Å². The number of hydrogen-bond acceptors (Lipinski definition) is 4. The van der Waals surface area contributed by atoms with E-state index >= 15 is 0 Å². The van der Waals surface area contributed by atoms with Gasteiger partial charge in [0.15, 0.2) is 0 Å². The normalized spacial score (nSPS) is 12.5. The molecule has 11 heteroatoms. The SMILES string of the molecule is COc1cc(-c2cccc(C(F)(F)F)c2)ccc1-n1c(=O)ccc2cc(S(=O)(=O)Nc3c4ccn3-4)ccc21. The third-order valence-corrected chi connectivity index (χ3v) is 7.76. The van der Waals surface area contributed by atoms with Crippen molar-refractivity contribution in [2.75, 3.05) is 11.8 Å². The molecule has 0 atom stereocenters. The summed E-state index contributed by atoms with van der Waals surface area (Å²) >= 11 is 0. The highest BCUT2D eigenvalue weighted by Crippen LogP contribution is 2.40. The van der Waals surface area contributed by atoms with Gasteiger partial charge in [-0.15, -0.1) is 0 Å². The fourth-order valence-corrected chi connectivity index (χ4v) is 5.52. The van der Waals surface area contributed by atoms with E-state index in [4.69, 9.17) is 4.74 Å². The number of alkyl halides is 3. The Kier molecular flexibility index (Phi) is 5.18. The van der Waals surface area contributed by atoms with Crippen LogP contribution in [0.2, 0.25) is 0 Å². The molecule has 2 aliphatic rings. The summed E-state index contributed by atoms with van der Waals surface area (Å²) in [5, 5.41) is 0.492. The fourth-order valence-electron chi connectivity index (χ4n) is 4.41. The van der Waals surface area contributed by atoms with Crippen molar-refractivity contribution in [3.63, 3.8) is 0 Å². The molecule has 0 radical (unpaired) electrons. The largest absolute Gasteiger partial charge is 0.495 e. The first-order valence-corrected chi connectivity index (χ1v) is 12.8. The zero-order valence-corrected chi connectivity index (χ0v) is 20.5. The van der Waals surface area contributed by atoms with Crippen LogP contribution >= 0.6 is 0 Å². The molecule has 192 valence electrons. The monoisotopic (exact) mass is 537 g/mol. The van der Waals surface area contributed by atoms with Crippen LogP contribution in [0.4, 0.5) is 19.0 Å². The van der Waals surface area contributed by atoms with Gasteiger partial charge in [-0.05, 0) is 65.7 Å².